The molecule has 2 fully saturated rings. The minimum atomic E-state index is -0.836. The van der Waals surface area contributed by atoms with Crippen molar-refractivity contribution in [2.45, 2.75) is 43.1 Å². The highest BCUT2D eigenvalue weighted by Crippen LogP contribution is 2.49. The summed E-state index contributed by atoms with van der Waals surface area (Å²) in [6.45, 7) is 4.58. The Hall–Kier alpha value is -3.26. The van der Waals surface area contributed by atoms with Crippen LogP contribution in [0.3, 0.4) is 0 Å². The minimum absolute atomic E-state index is 0.100. The Bertz CT molecular complexity index is 1470. The molecule has 2 heterocycles. The average molecular weight is 611 g/mol. The van der Waals surface area contributed by atoms with Crippen LogP contribution < -0.4 is 15.2 Å². The first kappa shape index (κ1) is 30.2. The van der Waals surface area contributed by atoms with Crippen LogP contribution in [-0.2, 0) is 15.6 Å². The number of piperidine rings is 1. The molecule has 9 heteroatoms. The summed E-state index contributed by atoms with van der Waals surface area (Å²) in [5, 5.41) is 0.925. The van der Waals surface area contributed by atoms with Crippen molar-refractivity contribution in [3.8, 4) is 11.5 Å². The molecule has 2 aliphatic heterocycles. The van der Waals surface area contributed by atoms with Crippen LogP contribution in [0.1, 0.15) is 47.7 Å². The molecule has 0 aliphatic carbocycles. The molecule has 0 radical (unpaired) electrons. The van der Waals surface area contributed by atoms with Gasteiger partial charge < -0.3 is 20.1 Å². The highest BCUT2D eigenvalue weighted by molar-refractivity contribution is 6.42. The first-order valence-corrected chi connectivity index (χ1v) is 15.0. The number of halogens is 2. The number of nitrogens with zero attached hydrogens (tertiary/aromatic N) is 2. The number of primary amides is 1. The van der Waals surface area contributed by atoms with Crippen LogP contribution in [0.2, 0.25) is 10.0 Å². The quantitative estimate of drug-likeness (QED) is 0.354. The molecule has 3 atom stereocenters. The van der Waals surface area contributed by atoms with E-state index in [1.54, 1.807) is 32.4 Å². The number of benzene rings is 3. The second-order valence-corrected chi connectivity index (χ2v) is 12.1. The van der Waals surface area contributed by atoms with Crippen molar-refractivity contribution in [2.24, 2.45) is 5.73 Å². The molecular formula is C33H37Cl2N3O4. The van der Waals surface area contributed by atoms with E-state index in [9.17, 15) is 9.59 Å². The van der Waals surface area contributed by atoms with Gasteiger partial charge in [-0.15, -0.1) is 0 Å². The zero-order chi connectivity index (χ0) is 30.1. The summed E-state index contributed by atoms with van der Waals surface area (Å²) in [4.78, 5) is 31.7. The van der Waals surface area contributed by atoms with E-state index in [-0.39, 0.29) is 17.9 Å². The van der Waals surface area contributed by atoms with Gasteiger partial charge >= 0.3 is 0 Å². The third-order valence-electron chi connectivity index (χ3n) is 9.37. The van der Waals surface area contributed by atoms with Crippen LogP contribution in [-0.4, -0.2) is 68.1 Å². The topological polar surface area (TPSA) is 85.1 Å². The Labute approximate surface area is 257 Å². The van der Waals surface area contributed by atoms with Crippen molar-refractivity contribution < 1.29 is 19.1 Å². The highest BCUT2D eigenvalue weighted by atomic mass is 35.5. The smallest absolute Gasteiger partial charge is 0.257 e. The molecule has 2 amide bonds. The van der Waals surface area contributed by atoms with E-state index in [1.807, 2.05) is 53.4 Å². The number of likely N-dealkylation sites (N-methyl/N-ethyl adjacent to an activating group) is 1. The van der Waals surface area contributed by atoms with Crippen LogP contribution in [0.4, 0.5) is 0 Å². The summed E-state index contributed by atoms with van der Waals surface area (Å²) >= 11 is 13.0. The van der Waals surface area contributed by atoms with Crippen LogP contribution in [0.5, 0.6) is 11.5 Å². The number of ether oxygens (including phenoxy) is 2. The van der Waals surface area contributed by atoms with Crippen LogP contribution >= 0.6 is 23.2 Å². The maximum Gasteiger partial charge on any atom is 0.257 e. The van der Waals surface area contributed by atoms with Gasteiger partial charge in [-0.1, -0.05) is 66.5 Å². The number of likely N-dealkylation sites (tertiary alicyclic amines) is 2. The second kappa shape index (κ2) is 12.2. The van der Waals surface area contributed by atoms with Gasteiger partial charge in [0.1, 0.15) is 11.5 Å². The predicted molar refractivity (Wildman–Crippen MR) is 166 cm³/mol. The summed E-state index contributed by atoms with van der Waals surface area (Å²) in [5.74, 6) is 0.614. The summed E-state index contributed by atoms with van der Waals surface area (Å²) in [5.41, 5.74) is 7.25. The van der Waals surface area contributed by atoms with Gasteiger partial charge in [-0.3, -0.25) is 14.5 Å². The number of nitrogens with two attached hydrogens (primary N) is 1. The molecule has 5 rings (SSSR count). The van der Waals surface area contributed by atoms with Crippen molar-refractivity contribution in [1.82, 2.24) is 9.80 Å². The lowest BCUT2D eigenvalue weighted by molar-refractivity contribution is -0.127. The van der Waals surface area contributed by atoms with Crippen molar-refractivity contribution in [1.29, 1.82) is 0 Å². The summed E-state index contributed by atoms with van der Waals surface area (Å²) < 4.78 is 10.9. The molecule has 0 bridgehead atoms. The Morgan fingerprint density at radius 1 is 0.929 bits per heavy atom. The van der Waals surface area contributed by atoms with Gasteiger partial charge in [0.15, 0.2) is 0 Å². The van der Waals surface area contributed by atoms with E-state index < -0.39 is 10.8 Å². The predicted octanol–water partition coefficient (Wildman–Crippen LogP) is 5.70. The molecule has 2 saturated heterocycles. The summed E-state index contributed by atoms with van der Waals surface area (Å²) in [7, 11) is 3.12. The van der Waals surface area contributed by atoms with E-state index >= 15 is 0 Å². The number of hydrogen-bond donors (Lipinski definition) is 1. The van der Waals surface area contributed by atoms with Gasteiger partial charge in [0.2, 0.25) is 5.91 Å². The fraction of sp³-hybridized carbons (Fsp3) is 0.394. The van der Waals surface area contributed by atoms with Crippen LogP contribution in [0, 0.1) is 0 Å². The fourth-order valence-electron chi connectivity index (χ4n) is 7.02. The van der Waals surface area contributed by atoms with Gasteiger partial charge in [-0.2, -0.15) is 0 Å². The molecular weight excluding hydrogens is 573 g/mol. The van der Waals surface area contributed by atoms with Crippen molar-refractivity contribution in [2.75, 3.05) is 40.4 Å². The van der Waals surface area contributed by atoms with E-state index in [4.69, 9.17) is 38.4 Å². The highest BCUT2D eigenvalue weighted by Gasteiger charge is 2.55. The molecule has 2 aliphatic rings. The lowest BCUT2D eigenvalue weighted by Gasteiger charge is -2.52. The molecule has 3 unspecified atom stereocenters. The molecule has 3 aromatic carbocycles. The van der Waals surface area contributed by atoms with Gasteiger partial charge in [-0.05, 0) is 67.7 Å². The molecule has 3 aromatic rings. The number of carbonyl (C=O) groups excluding carboxylic acids is 2. The first-order valence-electron chi connectivity index (χ1n) is 14.3. The molecule has 0 aromatic heterocycles. The average Bonchev–Trinajstić information content (AvgIpc) is 3.48. The van der Waals surface area contributed by atoms with Gasteiger partial charge in [0, 0.05) is 30.6 Å². The Kier molecular flexibility index (Phi) is 8.74. The van der Waals surface area contributed by atoms with Crippen molar-refractivity contribution in [3.05, 3.63) is 93.5 Å². The summed E-state index contributed by atoms with van der Waals surface area (Å²) in [6.07, 6.45) is 1.83. The fourth-order valence-corrected chi connectivity index (χ4v) is 7.32. The van der Waals surface area contributed by atoms with Crippen LogP contribution in [0.15, 0.2) is 66.7 Å². The van der Waals surface area contributed by atoms with E-state index in [0.29, 0.717) is 66.0 Å². The van der Waals surface area contributed by atoms with Gasteiger partial charge in [0.05, 0.1) is 35.2 Å². The van der Waals surface area contributed by atoms with Crippen LogP contribution in [0.25, 0.3) is 0 Å². The molecule has 0 saturated carbocycles. The molecule has 2 N–H and O–H groups in total. The van der Waals surface area contributed by atoms with E-state index in [1.165, 1.54) is 0 Å². The number of hydrogen-bond acceptors (Lipinski definition) is 5. The largest absolute Gasteiger partial charge is 0.497 e. The maximum atomic E-state index is 14.0. The van der Waals surface area contributed by atoms with E-state index in [0.717, 1.165) is 17.7 Å². The number of amides is 2. The Morgan fingerprint density at radius 3 is 2.33 bits per heavy atom. The molecule has 222 valence electrons. The Balaban J connectivity index is 1.60. The normalized spacial score (nSPS) is 24.4. The minimum Gasteiger partial charge on any atom is -0.497 e. The SMILES string of the molecule is CCN1CCC(C(N)=O)(c2ccccc2)CC1C1(c2ccc(Cl)c(Cl)c2)CCN(C(=O)c2ccc(OC)cc2OC)C1. The lowest BCUT2D eigenvalue weighted by atomic mass is 9.61. The van der Waals surface area contributed by atoms with Crippen molar-refractivity contribution >= 4 is 35.0 Å². The molecule has 7 nitrogen and oxygen atoms in total. The third-order valence-corrected chi connectivity index (χ3v) is 10.1. The standard InChI is InChI=1S/C33H37Cl2N3O4/c1-4-37-16-14-32(31(36)40,22-8-6-5-7-9-22)20-29(37)33(23-10-13-26(34)27(35)18-23)15-17-38(21-33)30(39)25-12-11-24(41-2)19-28(25)42-3/h5-13,18-19,29H,4,14-17,20-21H2,1-3H3,(H2,36,40). The lowest BCUT2D eigenvalue weighted by Crippen LogP contribution is -2.61. The van der Waals surface area contributed by atoms with Crippen molar-refractivity contribution in [3.63, 3.8) is 0 Å². The zero-order valence-electron chi connectivity index (χ0n) is 24.2. The van der Waals surface area contributed by atoms with E-state index in [2.05, 4.69) is 11.8 Å². The second-order valence-electron chi connectivity index (χ2n) is 11.2. The number of methoxy groups -OCH3 is 2. The molecule has 42 heavy (non-hydrogen) atoms. The number of rotatable bonds is 8. The maximum absolute atomic E-state index is 14.0. The monoisotopic (exact) mass is 609 g/mol. The number of carbonyl (C=O) groups is 2. The third kappa shape index (κ3) is 5.23. The van der Waals surface area contributed by atoms with Gasteiger partial charge in [-0.25, -0.2) is 0 Å². The Morgan fingerprint density at radius 2 is 1.69 bits per heavy atom. The first-order chi connectivity index (χ1) is 20.2. The summed E-state index contributed by atoms with van der Waals surface area (Å²) in [6, 6.07) is 20.7. The zero-order valence-corrected chi connectivity index (χ0v) is 25.8. The van der Waals surface area contributed by atoms with Gasteiger partial charge in [0.25, 0.3) is 5.91 Å². The molecule has 0 spiro atoms.